The first-order valence-corrected chi connectivity index (χ1v) is 9.66. The summed E-state index contributed by atoms with van der Waals surface area (Å²) >= 11 is 7.78. The van der Waals surface area contributed by atoms with Crippen LogP contribution in [0, 0.1) is 11.3 Å². The largest absolute Gasteiger partial charge is 0.377 e. The molecule has 1 heterocycles. The minimum Gasteiger partial charge on any atom is -0.377 e. The van der Waals surface area contributed by atoms with Crippen LogP contribution in [0.1, 0.15) is 44.0 Å². The van der Waals surface area contributed by atoms with Gasteiger partial charge in [-0.2, -0.15) is 0 Å². The molecule has 0 spiro atoms. The van der Waals surface area contributed by atoms with Crippen molar-refractivity contribution in [2.75, 3.05) is 19.4 Å². The smallest absolute Gasteiger partial charge is 0.252 e. The van der Waals surface area contributed by atoms with E-state index in [1.54, 1.807) is 17.8 Å². The Hall–Kier alpha value is -0.710. The number of amides is 1. The topological polar surface area (TPSA) is 38.3 Å². The number of hydrogen-bond acceptors (Lipinski definition) is 3. The monoisotopic (exact) mass is 355 g/mol. The average Bonchev–Trinajstić information content (AvgIpc) is 2.52. The molecule has 1 aliphatic heterocycles. The standard InChI is InChI=1S/C18H26ClNO2S/c1-18(2,3)16-12(6-5-9-22-16)11-20-17(21)14-10-13(23-4)7-8-15(14)19/h7-8,10,12,16H,5-6,9,11H2,1-4H3,(H,20,21). The van der Waals surface area contributed by atoms with Gasteiger partial charge < -0.3 is 10.1 Å². The Balaban J connectivity index is 2.03. The van der Waals surface area contributed by atoms with Crippen LogP contribution < -0.4 is 5.32 Å². The number of benzene rings is 1. The quantitative estimate of drug-likeness (QED) is 0.800. The summed E-state index contributed by atoms with van der Waals surface area (Å²) in [6.07, 6.45) is 4.29. The first kappa shape index (κ1) is 18.6. The van der Waals surface area contributed by atoms with E-state index in [9.17, 15) is 4.79 Å². The van der Waals surface area contributed by atoms with Crippen molar-refractivity contribution in [3.8, 4) is 0 Å². The summed E-state index contributed by atoms with van der Waals surface area (Å²) in [5, 5.41) is 3.54. The lowest BCUT2D eigenvalue weighted by Gasteiger charge is -2.40. The van der Waals surface area contributed by atoms with E-state index in [-0.39, 0.29) is 17.4 Å². The lowest BCUT2D eigenvalue weighted by molar-refractivity contribution is -0.0839. The molecule has 1 amide bonds. The Morgan fingerprint density at radius 2 is 2.17 bits per heavy atom. The molecule has 5 heteroatoms. The van der Waals surface area contributed by atoms with Gasteiger partial charge in [0.1, 0.15) is 0 Å². The Labute approximate surface area is 148 Å². The summed E-state index contributed by atoms with van der Waals surface area (Å²) < 4.78 is 5.97. The Kier molecular flexibility index (Phi) is 6.40. The minimum absolute atomic E-state index is 0.0756. The fourth-order valence-electron chi connectivity index (χ4n) is 3.13. The van der Waals surface area contributed by atoms with E-state index >= 15 is 0 Å². The van der Waals surface area contributed by atoms with Crippen molar-refractivity contribution in [3.05, 3.63) is 28.8 Å². The summed E-state index contributed by atoms with van der Waals surface area (Å²) in [5.74, 6) is 0.236. The maximum absolute atomic E-state index is 12.5. The van der Waals surface area contributed by atoms with Crippen LogP contribution >= 0.6 is 23.4 Å². The van der Waals surface area contributed by atoms with E-state index in [0.717, 1.165) is 24.3 Å². The van der Waals surface area contributed by atoms with Crippen molar-refractivity contribution in [2.45, 2.75) is 44.6 Å². The molecule has 1 N–H and O–H groups in total. The molecule has 0 bridgehead atoms. The highest BCUT2D eigenvalue weighted by Gasteiger charge is 2.35. The van der Waals surface area contributed by atoms with Crippen LogP contribution in [0.25, 0.3) is 0 Å². The van der Waals surface area contributed by atoms with E-state index in [4.69, 9.17) is 16.3 Å². The molecule has 1 saturated heterocycles. The molecule has 2 unspecified atom stereocenters. The summed E-state index contributed by atoms with van der Waals surface area (Å²) in [7, 11) is 0. The van der Waals surface area contributed by atoms with Crippen molar-refractivity contribution in [2.24, 2.45) is 11.3 Å². The summed E-state index contributed by atoms with van der Waals surface area (Å²) in [4.78, 5) is 13.5. The van der Waals surface area contributed by atoms with Gasteiger partial charge in [0, 0.05) is 24.0 Å². The van der Waals surface area contributed by atoms with Crippen molar-refractivity contribution in [1.82, 2.24) is 5.32 Å². The molecule has 0 radical (unpaired) electrons. The van der Waals surface area contributed by atoms with E-state index in [1.165, 1.54) is 0 Å². The lowest BCUT2D eigenvalue weighted by Crippen LogP contribution is -2.45. The third-order valence-electron chi connectivity index (χ3n) is 4.24. The van der Waals surface area contributed by atoms with Crippen molar-refractivity contribution >= 4 is 29.3 Å². The van der Waals surface area contributed by atoms with Crippen LogP contribution in [0.3, 0.4) is 0 Å². The molecule has 1 aromatic carbocycles. The van der Waals surface area contributed by atoms with Gasteiger partial charge in [0.15, 0.2) is 0 Å². The number of rotatable bonds is 4. The van der Waals surface area contributed by atoms with E-state index in [0.29, 0.717) is 23.0 Å². The van der Waals surface area contributed by atoms with Gasteiger partial charge in [-0.3, -0.25) is 4.79 Å². The normalized spacial score (nSPS) is 22.0. The number of nitrogens with one attached hydrogen (secondary N) is 1. The molecule has 2 atom stereocenters. The second kappa shape index (κ2) is 7.91. The first-order valence-electron chi connectivity index (χ1n) is 8.06. The highest BCUT2D eigenvalue weighted by molar-refractivity contribution is 7.98. The zero-order valence-electron chi connectivity index (χ0n) is 14.3. The van der Waals surface area contributed by atoms with Gasteiger partial charge in [-0.1, -0.05) is 32.4 Å². The second-order valence-corrected chi connectivity index (χ2v) is 8.40. The van der Waals surface area contributed by atoms with Crippen LogP contribution in [0.15, 0.2) is 23.1 Å². The first-order chi connectivity index (χ1) is 10.8. The average molecular weight is 356 g/mol. The van der Waals surface area contributed by atoms with Gasteiger partial charge in [-0.05, 0) is 42.7 Å². The highest BCUT2D eigenvalue weighted by Crippen LogP contribution is 2.33. The maximum atomic E-state index is 12.5. The van der Waals surface area contributed by atoms with Crippen LogP contribution in [0.4, 0.5) is 0 Å². The zero-order chi connectivity index (χ0) is 17.0. The fourth-order valence-corrected chi connectivity index (χ4v) is 3.78. The third-order valence-corrected chi connectivity index (χ3v) is 5.30. The van der Waals surface area contributed by atoms with Gasteiger partial charge in [0.25, 0.3) is 5.91 Å². The summed E-state index contributed by atoms with van der Waals surface area (Å²) in [5.41, 5.74) is 0.620. The number of halogens is 1. The molecular formula is C18H26ClNO2S. The Morgan fingerprint density at radius 3 is 2.83 bits per heavy atom. The molecule has 3 nitrogen and oxygen atoms in total. The van der Waals surface area contributed by atoms with Gasteiger partial charge in [0.2, 0.25) is 0 Å². The van der Waals surface area contributed by atoms with Gasteiger partial charge in [0.05, 0.1) is 16.7 Å². The third kappa shape index (κ3) is 4.88. The molecule has 1 aromatic rings. The highest BCUT2D eigenvalue weighted by atomic mass is 35.5. The SMILES string of the molecule is CSc1ccc(Cl)c(C(=O)NCC2CCCOC2C(C)(C)C)c1. The van der Waals surface area contributed by atoms with Crippen molar-refractivity contribution in [1.29, 1.82) is 0 Å². The van der Waals surface area contributed by atoms with Crippen LogP contribution in [0.5, 0.6) is 0 Å². The molecule has 2 rings (SSSR count). The van der Waals surface area contributed by atoms with Crippen LogP contribution in [0.2, 0.25) is 5.02 Å². The van der Waals surface area contributed by atoms with Crippen molar-refractivity contribution < 1.29 is 9.53 Å². The van der Waals surface area contributed by atoms with Crippen molar-refractivity contribution in [3.63, 3.8) is 0 Å². The number of ether oxygens (including phenoxy) is 1. The predicted molar refractivity (Wildman–Crippen MR) is 97.5 cm³/mol. The second-order valence-electron chi connectivity index (χ2n) is 7.12. The molecule has 1 fully saturated rings. The van der Waals surface area contributed by atoms with Gasteiger partial charge in [-0.15, -0.1) is 11.8 Å². The summed E-state index contributed by atoms with van der Waals surface area (Å²) in [6.45, 7) is 8.01. The number of carbonyl (C=O) groups is 1. The van der Waals surface area contributed by atoms with Crippen LogP contribution in [-0.4, -0.2) is 31.4 Å². The summed E-state index contributed by atoms with van der Waals surface area (Å²) in [6, 6.07) is 5.55. The molecule has 0 aliphatic carbocycles. The number of thioether (sulfide) groups is 1. The zero-order valence-corrected chi connectivity index (χ0v) is 15.9. The fraction of sp³-hybridized carbons (Fsp3) is 0.611. The lowest BCUT2D eigenvalue weighted by atomic mass is 9.78. The Bertz CT molecular complexity index is 556. The van der Waals surface area contributed by atoms with E-state index in [2.05, 4.69) is 26.1 Å². The van der Waals surface area contributed by atoms with Gasteiger partial charge in [-0.25, -0.2) is 0 Å². The predicted octanol–water partition coefficient (Wildman–Crippen LogP) is 4.63. The molecular weight excluding hydrogens is 330 g/mol. The van der Waals surface area contributed by atoms with Gasteiger partial charge >= 0.3 is 0 Å². The molecule has 23 heavy (non-hydrogen) atoms. The molecule has 128 valence electrons. The van der Waals surface area contributed by atoms with Crippen LogP contribution in [-0.2, 0) is 4.74 Å². The van der Waals surface area contributed by atoms with E-state index in [1.807, 2.05) is 18.4 Å². The number of carbonyl (C=O) groups excluding carboxylic acids is 1. The minimum atomic E-state index is -0.107. The molecule has 1 aliphatic rings. The molecule has 0 saturated carbocycles. The molecule has 0 aromatic heterocycles. The maximum Gasteiger partial charge on any atom is 0.252 e. The number of hydrogen-bond donors (Lipinski definition) is 1. The Morgan fingerprint density at radius 1 is 1.43 bits per heavy atom. The van der Waals surface area contributed by atoms with E-state index < -0.39 is 0 Å².